The molecule has 11 heteroatoms. The molecule has 0 saturated carbocycles. The van der Waals surface area contributed by atoms with E-state index in [4.69, 9.17) is 28.4 Å². The molecule has 2 saturated heterocycles. The van der Waals surface area contributed by atoms with E-state index in [1.54, 1.807) is 7.11 Å². The zero-order valence-corrected chi connectivity index (χ0v) is 25.7. The largest absolute Gasteiger partial charge is 0.497 e. The predicted molar refractivity (Wildman–Crippen MR) is 162 cm³/mol. The maximum absolute atomic E-state index is 13.1. The number of carbonyl (C=O) groups is 1. The third-order valence-electron chi connectivity index (χ3n) is 8.00. The standard InChI is InChI=1S/C32H44N2O8S/c1-37-24-11-12-30-28(20-24)39-16-8-3-2-7-15-38-18-14-34(43-30)21-27(35)26(19-23-9-5-4-6-10-23)33-32(36)42-29-22-41-31-25(29)13-17-40-31/h4-6,9-12,20,25-27,29,31,35H,2-3,7-8,13-19,21-22H2,1H3,(H,33,36)/t25-,26-,27+,29-,31+/m0/s1. The Morgan fingerprint density at radius 2 is 1.91 bits per heavy atom. The van der Waals surface area contributed by atoms with Gasteiger partial charge in [0.2, 0.25) is 0 Å². The van der Waals surface area contributed by atoms with Crippen molar-refractivity contribution in [1.29, 1.82) is 0 Å². The van der Waals surface area contributed by atoms with Gasteiger partial charge in [-0.2, -0.15) is 0 Å². The Kier molecular flexibility index (Phi) is 12.2. The summed E-state index contributed by atoms with van der Waals surface area (Å²) >= 11 is 1.51. The number of nitrogens with one attached hydrogen (secondary N) is 1. The van der Waals surface area contributed by atoms with Gasteiger partial charge in [-0.05, 0) is 61.7 Å². The molecule has 0 spiro atoms. The van der Waals surface area contributed by atoms with Crippen LogP contribution in [0.15, 0.2) is 53.4 Å². The number of benzene rings is 2. The van der Waals surface area contributed by atoms with Crippen molar-refractivity contribution in [2.75, 3.05) is 53.2 Å². The molecule has 0 aliphatic carbocycles. The van der Waals surface area contributed by atoms with Gasteiger partial charge in [0.05, 0.1) is 56.5 Å². The van der Waals surface area contributed by atoms with Gasteiger partial charge in [-0.3, -0.25) is 0 Å². The number of carbonyl (C=O) groups excluding carboxylic acids is 1. The molecule has 1 amide bonds. The van der Waals surface area contributed by atoms with Crippen molar-refractivity contribution in [2.24, 2.45) is 5.92 Å². The van der Waals surface area contributed by atoms with Crippen LogP contribution in [-0.2, 0) is 25.4 Å². The van der Waals surface area contributed by atoms with Crippen LogP contribution in [0.1, 0.15) is 37.7 Å². The molecule has 43 heavy (non-hydrogen) atoms. The molecule has 3 heterocycles. The van der Waals surface area contributed by atoms with E-state index in [1.165, 1.54) is 11.9 Å². The van der Waals surface area contributed by atoms with Crippen LogP contribution in [0.4, 0.5) is 4.79 Å². The molecule has 5 atom stereocenters. The van der Waals surface area contributed by atoms with Crippen LogP contribution in [0.25, 0.3) is 0 Å². The number of rotatable bonds is 8. The van der Waals surface area contributed by atoms with E-state index in [9.17, 15) is 9.90 Å². The lowest BCUT2D eigenvalue weighted by Crippen LogP contribution is -2.50. The van der Waals surface area contributed by atoms with Gasteiger partial charge < -0.3 is 38.8 Å². The Bertz CT molecular complexity index is 1140. The van der Waals surface area contributed by atoms with E-state index in [1.807, 2.05) is 48.5 Å². The van der Waals surface area contributed by atoms with Gasteiger partial charge in [-0.25, -0.2) is 9.10 Å². The lowest BCUT2D eigenvalue weighted by molar-refractivity contribution is -0.0907. The number of β-amino-alcohol motifs (C(OH)–C–C–N with tert-alkyl or cyclic N) is 1. The van der Waals surface area contributed by atoms with E-state index in [2.05, 4.69) is 9.62 Å². The molecule has 2 aromatic carbocycles. The van der Waals surface area contributed by atoms with E-state index < -0.39 is 18.2 Å². The van der Waals surface area contributed by atoms with E-state index in [0.717, 1.165) is 54.1 Å². The number of ether oxygens (including phenoxy) is 6. The molecule has 2 fully saturated rings. The highest BCUT2D eigenvalue weighted by Crippen LogP contribution is 2.36. The Labute approximate surface area is 258 Å². The molecule has 3 aliphatic rings. The summed E-state index contributed by atoms with van der Waals surface area (Å²) in [5.41, 5.74) is 1.00. The fraction of sp³-hybridized carbons (Fsp3) is 0.594. The van der Waals surface area contributed by atoms with Crippen LogP contribution >= 0.6 is 11.9 Å². The number of methoxy groups -OCH3 is 1. The summed E-state index contributed by atoms with van der Waals surface area (Å²) in [5, 5.41) is 14.6. The molecule has 10 nitrogen and oxygen atoms in total. The molecular formula is C32H44N2O8S. The fourth-order valence-corrected chi connectivity index (χ4v) is 6.59. The lowest BCUT2D eigenvalue weighted by atomic mass is 10.0. The van der Waals surface area contributed by atoms with Crippen molar-refractivity contribution in [1.82, 2.24) is 9.62 Å². The molecule has 236 valence electrons. The first-order valence-corrected chi connectivity index (χ1v) is 16.1. The lowest BCUT2D eigenvalue weighted by Gasteiger charge is -2.30. The van der Waals surface area contributed by atoms with Crippen LogP contribution < -0.4 is 14.8 Å². The Morgan fingerprint density at radius 1 is 1.07 bits per heavy atom. The first kappa shape index (κ1) is 31.9. The van der Waals surface area contributed by atoms with Crippen molar-refractivity contribution >= 4 is 18.0 Å². The van der Waals surface area contributed by atoms with Gasteiger partial charge in [-0.15, -0.1) is 0 Å². The molecule has 2 N–H and O–H groups in total. The van der Waals surface area contributed by atoms with Gasteiger partial charge in [-0.1, -0.05) is 36.8 Å². The number of hydrogen-bond acceptors (Lipinski definition) is 10. The fourth-order valence-electron chi connectivity index (χ4n) is 5.58. The number of fused-ring (bicyclic) bond motifs is 2. The van der Waals surface area contributed by atoms with Crippen molar-refractivity contribution in [3.63, 3.8) is 0 Å². The second kappa shape index (κ2) is 16.5. The van der Waals surface area contributed by atoms with Crippen molar-refractivity contribution < 1.29 is 38.3 Å². The van der Waals surface area contributed by atoms with Gasteiger partial charge in [0.25, 0.3) is 0 Å². The summed E-state index contributed by atoms with van der Waals surface area (Å²) in [4.78, 5) is 14.0. The molecule has 0 bridgehead atoms. The number of nitrogens with zero attached hydrogens (tertiary/aromatic N) is 1. The average Bonchev–Trinajstić information content (AvgIpc) is 3.64. The topological polar surface area (TPSA) is 108 Å². The average molecular weight is 617 g/mol. The monoisotopic (exact) mass is 616 g/mol. The minimum atomic E-state index is -0.899. The normalized spacial score (nSPS) is 24.9. The molecular weight excluding hydrogens is 572 g/mol. The molecule has 2 aromatic rings. The molecule has 5 rings (SSSR count). The number of aliphatic hydroxyl groups excluding tert-OH is 1. The minimum absolute atomic E-state index is 0.0383. The van der Waals surface area contributed by atoms with Crippen molar-refractivity contribution in [2.45, 2.75) is 68.0 Å². The van der Waals surface area contributed by atoms with Gasteiger partial charge in [0.15, 0.2) is 6.29 Å². The second-order valence-corrected chi connectivity index (χ2v) is 12.3. The van der Waals surface area contributed by atoms with Crippen LogP contribution in [-0.4, -0.2) is 93.3 Å². The third kappa shape index (κ3) is 9.47. The summed E-state index contributed by atoms with van der Waals surface area (Å²) < 4.78 is 36.6. The molecule has 0 unspecified atom stereocenters. The van der Waals surface area contributed by atoms with E-state index in [-0.39, 0.29) is 24.9 Å². The Balaban J connectivity index is 1.29. The summed E-state index contributed by atoms with van der Waals surface area (Å²) in [6, 6.07) is 15.0. The summed E-state index contributed by atoms with van der Waals surface area (Å²) in [7, 11) is 1.64. The quantitative estimate of drug-likeness (QED) is 0.414. The zero-order chi connectivity index (χ0) is 29.9. The van der Waals surface area contributed by atoms with Crippen LogP contribution in [0, 0.1) is 5.92 Å². The third-order valence-corrected chi connectivity index (χ3v) is 9.13. The van der Waals surface area contributed by atoms with Gasteiger partial charge in [0, 0.05) is 25.8 Å². The van der Waals surface area contributed by atoms with Gasteiger partial charge >= 0.3 is 6.09 Å². The maximum atomic E-state index is 13.1. The number of hydrogen-bond donors (Lipinski definition) is 2. The smallest absolute Gasteiger partial charge is 0.407 e. The summed E-state index contributed by atoms with van der Waals surface area (Å²) in [6.45, 7) is 3.63. The molecule has 0 aromatic heterocycles. The Morgan fingerprint density at radius 3 is 2.74 bits per heavy atom. The van der Waals surface area contributed by atoms with Gasteiger partial charge in [0.1, 0.15) is 17.6 Å². The number of amides is 1. The highest BCUT2D eigenvalue weighted by Gasteiger charge is 2.44. The predicted octanol–water partition coefficient (Wildman–Crippen LogP) is 4.43. The van der Waals surface area contributed by atoms with Crippen LogP contribution in [0.5, 0.6) is 11.5 Å². The summed E-state index contributed by atoms with van der Waals surface area (Å²) in [6.07, 6.45) is 3.25. The Hall–Kier alpha value is -2.54. The highest BCUT2D eigenvalue weighted by atomic mass is 32.2. The minimum Gasteiger partial charge on any atom is -0.497 e. The highest BCUT2D eigenvalue weighted by molar-refractivity contribution is 7.97. The van der Waals surface area contributed by atoms with Crippen LogP contribution in [0.3, 0.4) is 0 Å². The first-order valence-electron chi connectivity index (χ1n) is 15.3. The maximum Gasteiger partial charge on any atom is 0.407 e. The van der Waals surface area contributed by atoms with Crippen LogP contribution in [0.2, 0.25) is 0 Å². The molecule has 0 radical (unpaired) electrons. The number of aliphatic hydroxyl groups is 1. The first-order chi connectivity index (χ1) is 21.1. The zero-order valence-electron chi connectivity index (χ0n) is 24.9. The van der Waals surface area contributed by atoms with Crippen molar-refractivity contribution in [3.8, 4) is 11.5 Å². The molecule has 3 aliphatic heterocycles. The number of alkyl carbamates (subject to hydrolysis) is 1. The van der Waals surface area contributed by atoms with E-state index in [0.29, 0.717) is 46.0 Å². The van der Waals surface area contributed by atoms with E-state index >= 15 is 0 Å². The van der Waals surface area contributed by atoms with Crippen molar-refractivity contribution in [3.05, 3.63) is 54.1 Å². The SMILES string of the molecule is COc1ccc2c(c1)OCCCCCCOCCN(C[C@@H](O)[C@H](Cc1ccccc1)NC(=O)O[C@H]1CO[C@H]3OCC[C@H]31)S2. The second-order valence-electron chi connectivity index (χ2n) is 11.1. The summed E-state index contributed by atoms with van der Waals surface area (Å²) in [5.74, 6) is 1.51.